The monoisotopic (exact) mass is 267 g/mol. The van der Waals surface area contributed by atoms with E-state index in [0.717, 1.165) is 38.5 Å². The van der Waals surface area contributed by atoms with E-state index in [9.17, 15) is 9.59 Å². The maximum Gasteiger partial charge on any atom is 0.329 e. The molecule has 1 aliphatic heterocycles. The lowest BCUT2D eigenvalue weighted by Gasteiger charge is -2.29. The number of carbonyl (C=O) groups is 2. The van der Waals surface area contributed by atoms with Crippen LogP contribution in [0.3, 0.4) is 0 Å². The smallest absolute Gasteiger partial charge is 0.329 e. The molecule has 0 N–H and O–H groups in total. The number of rotatable bonds is 2. The van der Waals surface area contributed by atoms with Crippen LogP contribution in [-0.4, -0.2) is 35.0 Å². The minimum absolute atomic E-state index is 0.142. The molecule has 4 heteroatoms. The molecule has 1 heterocycles. The number of carbonyl (C=O) groups excluding carboxylic acids is 2. The van der Waals surface area contributed by atoms with Gasteiger partial charge in [-0.1, -0.05) is 12.8 Å². The number of esters is 1. The molecule has 19 heavy (non-hydrogen) atoms. The average Bonchev–Trinajstić information content (AvgIpc) is 2.97. The van der Waals surface area contributed by atoms with Crippen molar-refractivity contribution in [2.45, 2.75) is 70.9 Å². The Labute approximate surface area is 115 Å². The van der Waals surface area contributed by atoms with E-state index in [4.69, 9.17) is 4.74 Å². The molecule has 0 bridgehead atoms. The van der Waals surface area contributed by atoms with E-state index < -0.39 is 5.60 Å². The molecule has 0 aromatic rings. The van der Waals surface area contributed by atoms with Crippen molar-refractivity contribution in [1.82, 2.24) is 4.90 Å². The molecule has 1 amide bonds. The predicted molar refractivity (Wildman–Crippen MR) is 72.5 cm³/mol. The fourth-order valence-corrected chi connectivity index (χ4v) is 3.05. The van der Waals surface area contributed by atoms with Crippen molar-refractivity contribution in [3.05, 3.63) is 0 Å². The third kappa shape index (κ3) is 3.48. The standard InChI is InChI=1S/C15H25NO3/c1-15(2,3)19-14(18)12-9-6-10-16(12)13(17)11-7-4-5-8-11/h11-12H,4-10H2,1-3H3/t12-/m0/s1. The molecule has 0 spiro atoms. The highest BCUT2D eigenvalue weighted by atomic mass is 16.6. The van der Waals surface area contributed by atoms with Gasteiger partial charge in [-0.05, 0) is 46.5 Å². The largest absolute Gasteiger partial charge is 0.458 e. The maximum atomic E-state index is 12.4. The Hall–Kier alpha value is -1.06. The molecular formula is C15H25NO3. The highest BCUT2D eigenvalue weighted by molar-refractivity contribution is 5.86. The lowest BCUT2D eigenvalue weighted by atomic mass is 10.1. The Bertz CT molecular complexity index is 353. The van der Waals surface area contributed by atoms with Crippen LogP contribution in [0.5, 0.6) is 0 Å². The van der Waals surface area contributed by atoms with E-state index in [2.05, 4.69) is 0 Å². The molecule has 1 saturated carbocycles. The summed E-state index contributed by atoms with van der Waals surface area (Å²) in [6.45, 7) is 6.30. The number of hydrogen-bond acceptors (Lipinski definition) is 3. The van der Waals surface area contributed by atoms with Crippen molar-refractivity contribution >= 4 is 11.9 Å². The zero-order valence-electron chi connectivity index (χ0n) is 12.3. The lowest BCUT2D eigenvalue weighted by molar-refractivity contribution is -0.163. The number of hydrogen-bond donors (Lipinski definition) is 0. The molecular weight excluding hydrogens is 242 g/mol. The van der Waals surface area contributed by atoms with Crippen LogP contribution in [0.2, 0.25) is 0 Å². The van der Waals surface area contributed by atoms with Crippen LogP contribution in [0.4, 0.5) is 0 Å². The lowest BCUT2D eigenvalue weighted by Crippen LogP contribution is -2.45. The number of amides is 1. The van der Waals surface area contributed by atoms with Gasteiger partial charge in [0, 0.05) is 12.5 Å². The minimum Gasteiger partial charge on any atom is -0.458 e. The summed E-state index contributed by atoms with van der Waals surface area (Å²) in [4.78, 5) is 26.4. The Kier molecular flexibility index (Phi) is 4.16. The molecule has 0 aromatic carbocycles. The molecule has 1 atom stereocenters. The van der Waals surface area contributed by atoms with Crippen LogP contribution < -0.4 is 0 Å². The van der Waals surface area contributed by atoms with E-state index in [1.54, 1.807) is 4.90 Å². The average molecular weight is 267 g/mol. The summed E-state index contributed by atoms with van der Waals surface area (Å²) >= 11 is 0. The normalized spacial score (nSPS) is 24.8. The molecule has 0 radical (unpaired) electrons. The van der Waals surface area contributed by atoms with Crippen molar-refractivity contribution in [3.63, 3.8) is 0 Å². The second kappa shape index (κ2) is 5.51. The first-order valence-electron chi connectivity index (χ1n) is 7.42. The number of likely N-dealkylation sites (tertiary alicyclic amines) is 1. The second-order valence-corrected chi connectivity index (χ2v) is 6.70. The number of nitrogens with zero attached hydrogens (tertiary/aromatic N) is 1. The van der Waals surface area contributed by atoms with Gasteiger partial charge in [0.1, 0.15) is 11.6 Å². The third-order valence-electron chi connectivity index (χ3n) is 3.92. The van der Waals surface area contributed by atoms with Gasteiger partial charge in [0.2, 0.25) is 5.91 Å². The highest BCUT2D eigenvalue weighted by Gasteiger charge is 2.39. The van der Waals surface area contributed by atoms with Gasteiger partial charge in [0.05, 0.1) is 0 Å². The van der Waals surface area contributed by atoms with Crippen LogP contribution >= 0.6 is 0 Å². The summed E-state index contributed by atoms with van der Waals surface area (Å²) in [5.74, 6) is 0.0743. The first-order chi connectivity index (χ1) is 8.88. The molecule has 2 fully saturated rings. The summed E-state index contributed by atoms with van der Waals surface area (Å²) in [5.41, 5.74) is -0.484. The van der Waals surface area contributed by atoms with E-state index >= 15 is 0 Å². The van der Waals surface area contributed by atoms with Crippen molar-refractivity contribution in [1.29, 1.82) is 0 Å². The molecule has 0 aromatic heterocycles. The molecule has 2 rings (SSSR count). The minimum atomic E-state index is -0.484. The van der Waals surface area contributed by atoms with Crippen LogP contribution in [0.15, 0.2) is 0 Å². The Morgan fingerprint density at radius 2 is 1.68 bits per heavy atom. The predicted octanol–water partition coefficient (Wildman–Crippen LogP) is 2.51. The Balaban J connectivity index is 2.00. The molecule has 4 nitrogen and oxygen atoms in total. The summed E-state index contributed by atoms with van der Waals surface area (Å²) < 4.78 is 5.43. The number of ether oxygens (including phenoxy) is 1. The Morgan fingerprint density at radius 3 is 2.26 bits per heavy atom. The van der Waals surface area contributed by atoms with Gasteiger partial charge in [-0.2, -0.15) is 0 Å². The van der Waals surface area contributed by atoms with Crippen LogP contribution in [0.25, 0.3) is 0 Å². The van der Waals surface area contributed by atoms with Gasteiger partial charge in [-0.3, -0.25) is 4.79 Å². The molecule has 108 valence electrons. The van der Waals surface area contributed by atoms with Crippen LogP contribution in [0, 0.1) is 5.92 Å². The first-order valence-corrected chi connectivity index (χ1v) is 7.42. The Morgan fingerprint density at radius 1 is 1.05 bits per heavy atom. The fourth-order valence-electron chi connectivity index (χ4n) is 3.05. The van der Waals surface area contributed by atoms with Crippen LogP contribution in [-0.2, 0) is 14.3 Å². The SMILES string of the molecule is CC(C)(C)OC(=O)[C@@H]1CCCN1C(=O)C1CCCC1. The summed E-state index contributed by atoms with van der Waals surface area (Å²) in [5, 5.41) is 0. The van der Waals surface area contributed by atoms with Gasteiger partial charge in [-0.15, -0.1) is 0 Å². The van der Waals surface area contributed by atoms with Crippen molar-refractivity contribution in [3.8, 4) is 0 Å². The van der Waals surface area contributed by atoms with Crippen molar-refractivity contribution in [2.75, 3.05) is 6.54 Å². The first kappa shape index (κ1) is 14.4. The van der Waals surface area contributed by atoms with E-state index in [1.165, 1.54) is 0 Å². The van der Waals surface area contributed by atoms with Crippen molar-refractivity contribution < 1.29 is 14.3 Å². The van der Waals surface area contributed by atoms with Gasteiger partial charge in [0.15, 0.2) is 0 Å². The zero-order chi connectivity index (χ0) is 14.0. The topological polar surface area (TPSA) is 46.6 Å². The van der Waals surface area contributed by atoms with E-state index in [1.807, 2.05) is 20.8 Å². The van der Waals surface area contributed by atoms with Crippen LogP contribution in [0.1, 0.15) is 59.3 Å². The van der Waals surface area contributed by atoms with Gasteiger partial charge in [-0.25, -0.2) is 4.79 Å². The van der Waals surface area contributed by atoms with E-state index in [0.29, 0.717) is 6.54 Å². The van der Waals surface area contributed by atoms with Crippen molar-refractivity contribution in [2.24, 2.45) is 5.92 Å². The summed E-state index contributed by atoms with van der Waals surface area (Å²) in [6, 6.07) is -0.354. The fraction of sp³-hybridized carbons (Fsp3) is 0.867. The highest BCUT2D eigenvalue weighted by Crippen LogP contribution is 2.30. The van der Waals surface area contributed by atoms with E-state index in [-0.39, 0.29) is 23.8 Å². The summed E-state index contributed by atoms with van der Waals surface area (Å²) in [7, 11) is 0. The third-order valence-corrected chi connectivity index (χ3v) is 3.92. The molecule has 1 aliphatic carbocycles. The zero-order valence-corrected chi connectivity index (χ0v) is 12.3. The molecule has 2 aliphatic rings. The maximum absolute atomic E-state index is 12.4. The quantitative estimate of drug-likeness (QED) is 0.722. The van der Waals surface area contributed by atoms with Gasteiger partial charge < -0.3 is 9.64 Å². The van der Waals surface area contributed by atoms with Gasteiger partial charge >= 0.3 is 5.97 Å². The molecule has 1 saturated heterocycles. The van der Waals surface area contributed by atoms with Gasteiger partial charge in [0.25, 0.3) is 0 Å². The summed E-state index contributed by atoms with van der Waals surface area (Å²) in [6.07, 6.45) is 5.89. The second-order valence-electron chi connectivity index (χ2n) is 6.70. The molecule has 0 unspecified atom stereocenters.